The highest BCUT2D eigenvalue weighted by Crippen LogP contribution is 2.41. The van der Waals surface area contributed by atoms with Crippen molar-refractivity contribution in [2.75, 3.05) is 19.7 Å². The van der Waals surface area contributed by atoms with E-state index in [1.807, 2.05) is 61.2 Å². The Hall–Kier alpha value is -2.82. The number of ketones is 1. The molecule has 30 heavy (non-hydrogen) atoms. The minimum absolute atomic E-state index is 0.149. The van der Waals surface area contributed by atoms with Crippen LogP contribution in [0, 0.1) is 13.8 Å². The summed E-state index contributed by atoms with van der Waals surface area (Å²) in [5.74, 6) is 1.87. The van der Waals surface area contributed by atoms with Crippen LogP contribution in [0.25, 0.3) is 0 Å². The number of carbonyl (C=O) groups excluding carboxylic acids is 2. The predicted molar refractivity (Wildman–Crippen MR) is 115 cm³/mol. The third kappa shape index (κ3) is 4.20. The van der Waals surface area contributed by atoms with Crippen LogP contribution in [0.5, 0.6) is 11.5 Å². The molecule has 2 heterocycles. The maximum Gasteiger partial charge on any atom is 0.222 e. The Balaban J connectivity index is 1.29. The maximum absolute atomic E-state index is 12.8. The Kier molecular flexibility index (Phi) is 5.80. The first-order chi connectivity index (χ1) is 14.5. The fourth-order valence-electron chi connectivity index (χ4n) is 4.31. The van der Waals surface area contributed by atoms with Crippen LogP contribution in [0.2, 0.25) is 0 Å². The lowest BCUT2D eigenvalue weighted by Gasteiger charge is -2.44. The number of amides is 1. The minimum atomic E-state index is -0.476. The van der Waals surface area contributed by atoms with Gasteiger partial charge in [-0.05, 0) is 49.6 Å². The van der Waals surface area contributed by atoms with E-state index < -0.39 is 5.60 Å². The third-order valence-electron chi connectivity index (χ3n) is 6.35. The Bertz CT molecular complexity index is 930. The van der Waals surface area contributed by atoms with E-state index in [1.54, 1.807) is 0 Å². The lowest BCUT2D eigenvalue weighted by atomic mass is 9.81. The summed E-state index contributed by atoms with van der Waals surface area (Å²) >= 11 is 0. The first-order valence-corrected chi connectivity index (χ1v) is 10.8. The largest absolute Gasteiger partial charge is 0.494 e. The van der Waals surface area contributed by atoms with Gasteiger partial charge in [-0.25, -0.2) is 0 Å². The molecule has 0 unspecified atom stereocenters. The smallest absolute Gasteiger partial charge is 0.222 e. The average molecular weight is 408 g/mol. The molecular weight excluding hydrogens is 378 g/mol. The van der Waals surface area contributed by atoms with Crippen LogP contribution >= 0.6 is 0 Å². The number of fused-ring (bicyclic) bond motifs is 1. The van der Waals surface area contributed by atoms with Crippen LogP contribution in [-0.2, 0) is 4.79 Å². The second-order valence-electron chi connectivity index (χ2n) is 8.42. The Morgan fingerprint density at radius 1 is 1.10 bits per heavy atom. The van der Waals surface area contributed by atoms with E-state index in [0.29, 0.717) is 57.4 Å². The second-order valence-corrected chi connectivity index (χ2v) is 8.42. The number of piperidine rings is 1. The quantitative estimate of drug-likeness (QED) is 0.686. The molecule has 158 valence electrons. The van der Waals surface area contributed by atoms with Crippen molar-refractivity contribution in [3.05, 3.63) is 59.2 Å². The SMILES string of the molecule is Cc1ccc2c(c1C)OC1(CCN(C(=O)CCCOc3ccccc3)CC1)CC2=O. The van der Waals surface area contributed by atoms with Gasteiger partial charge < -0.3 is 14.4 Å². The molecule has 2 aliphatic rings. The zero-order valence-corrected chi connectivity index (χ0v) is 17.8. The van der Waals surface area contributed by atoms with Gasteiger partial charge in [0.25, 0.3) is 0 Å². The molecule has 0 aromatic heterocycles. The maximum atomic E-state index is 12.8. The van der Waals surface area contributed by atoms with Crippen molar-refractivity contribution in [3.8, 4) is 11.5 Å². The lowest BCUT2D eigenvalue weighted by molar-refractivity contribution is -0.135. The van der Waals surface area contributed by atoms with E-state index in [-0.39, 0.29) is 11.7 Å². The summed E-state index contributed by atoms with van der Waals surface area (Å²) in [4.78, 5) is 27.3. The highest BCUT2D eigenvalue weighted by molar-refractivity contribution is 6.01. The van der Waals surface area contributed by atoms with Gasteiger partial charge in [0.2, 0.25) is 5.91 Å². The number of carbonyl (C=O) groups is 2. The summed E-state index contributed by atoms with van der Waals surface area (Å²) in [7, 11) is 0. The van der Waals surface area contributed by atoms with E-state index in [9.17, 15) is 9.59 Å². The van der Waals surface area contributed by atoms with Crippen molar-refractivity contribution in [1.29, 1.82) is 0 Å². The fourth-order valence-corrected chi connectivity index (χ4v) is 4.31. The molecular formula is C25H29NO4. The second kappa shape index (κ2) is 8.50. The van der Waals surface area contributed by atoms with Crippen LogP contribution in [0.15, 0.2) is 42.5 Å². The van der Waals surface area contributed by atoms with E-state index in [1.165, 1.54) is 0 Å². The summed E-state index contributed by atoms with van der Waals surface area (Å²) in [5, 5.41) is 0. The molecule has 5 nitrogen and oxygen atoms in total. The molecule has 0 atom stereocenters. The van der Waals surface area contributed by atoms with Gasteiger partial charge in [0.15, 0.2) is 5.78 Å². The van der Waals surface area contributed by atoms with Crippen molar-refractivity contribution >= 4 is 11.7 Å². The molecule has 0 bridgehead atoms. The number of benzene rings is 2. The van der Waals surface area contributed by atoms with E-state index in [4.69, 9.17) is 9.47 Å². The number of ether oxygens (including phenoxy) is 2. The first-order valence-electron chi connectivity index (χ1n) is 10.8. The van der Waals surface area contributed by atoms with Crippen molar-refractivity contribution < 1.29 is 19.1 Å². The molecule has 2 aliphatic heterocycles. The monoisotopic (exact) mass is 407 g/mol. The van der Waals surface area contributed by atoms with Gasteiger partial charge in [-0.1, -0.05) is 24.3 Å². The number of aryl methyl sites for hydroxylation is 1. The molecule has 1 amide bonds. The van der Waals surface area contributed by atoms with Crippen LogP contribution in [-0.4, -0.2) is 41.9 Å². The number of likely N-dealkylation sites (tertiary alicyclic amines) is 1. The van der Waals surface area contributed by atoms with Crippen LogP contribution < -0.4 is 9.47 Å². The van der Waals surface area contributed by atoms with E-state index >= 15 is 0 Å². The highest BCUT2D eigenvalue weighted by Gasteiger charge is 2.44. The molecule has 1 fully saturated rings. The molecule has 1 saturated heterocycles. The molecule has 2 aromatic carbocycles. The molecule has 1 spiro atoms. The van der Waals surface area contributed by atoms with Crippen LogP contribution in [0.3, 0.4) is 0 Å². The number of hydrogen-bond donors (Lipinski definition) is 0. The van der Waals surface area contributed by atoms with Crippen LogP contribution in [0.4, 0.5) is 0 Å². The van der Waals surface area contributed by atoms with Gasteiger partial charge in [0.05, 0.1) is 18.6 Å². The molecule has 0 radical (unpaired) electrons. The summed E-state index contributed by atoms with van der Waals surface area (Å²) in [6, 6.07) is 13.5. The highest BCUT2D eigenvalue weighted by atomic mass is 16.5. The molecule has 0 saturated carbocycles. The lowest BCUT2D eigenvalue weighted by Crippen LogP contribution is -2.52. The minimum Gasteiger partial charge on any atom is -0.494 e. The van der Waals surface area contributed by atoms with E-state index in [2.05, 4.69) is 0 Å². The molecule has 5 heteroatoms. The summed E-state index contributed by atoms with van der Waals surface area (Å²) in [6.45, 7) is 5.84. The zero-order chi connectivity index (χ0) is 21.1. The van der Waals surface area contributed by atoms with E-state index in [0.717, 1.165) is 22.6 Å². The number of Topliss-reactive ketones (excluding diaryl/α,β-unsaturated/α-hetero) is 1. The van der Waals surface area contributed by atoms with Gasteiger partial charge in [0, 0.05) is 32.4 Å². The van der Waals surface area contributed by atoms with Gasteiger partial charge in [-0.2, -0.15) is 0 Å². The zero-order valence-electron chi connectivity index (χ0n) is 17.8. The first kappa shape index (κ1) is 20.5. The van der Waals surface area contributed by atoms with Crippen molar-refractivity contribution in [2.24, 2.45) is 0 Å². The van der Waals surface area contributed by atoms with Gasteiger partial charge >= 0.3 is 0 Å². The number of rotatable bonds is 5. The van der Waals surface area contributed by atoms with Gasteiger partial charge in [-0.3, -0.25) is 9.59 Å². The topological polar surface area (TPSA) is 55.8 Å². The van der Waals surface area contributed by atoms with Crippen molar-refractivity contribution in [1.82, 2.24) is 4.90 Å². The Morgan fingerprint density at radius 3 is 2.57 bits per heavy atom. The number of hydrogen-bond acceptors (Lipinski definition) is 4. The van der Waals surface area contributed by atoms with Crippen LogP contribution in [0.1, 0.15) is 53.6 Å². The van der Waals surface area contributed by atoms with Gasteiger partial charge in [-0.15, -0.1) is 0 Å². The molecule has 0 N–H and O–H groups in total. The fraction of sp³-hybridized carbons (Fsp3) is 0.440. The molecule has 2 aromatic rings. The summed E-state index contributed by atoms with van der Waals surface area (Å²) in [5.41, 5.74) is 2.39. The summed E-state index contributed by atoms with van der Waals surface area (Å²) in [6.07, 6.45) is 2.95. The normalized spacial score (nSPS) is 17.4. The predicted octanol–water partition coefficient (Wildman–Crippen LogP) is 4.49. The average Bonchev–Trinajstić information content (AvgIpc) is 2.75. The third-order valence-corrected chi connectivity index (χ3v) is 6.35. The molecule has 0 aliphatic carbocycles. The molecule has 4 rings (SSSR count). The van der Waals surface area contributed by atoms with Crippen molar-refractivity contribution in [2.45, 2.75) is 51.6 Å². The van der Waals surface area contributed by atoms with Gasteiger partial charge in [0.1, 0.15) is 17.1 Å². The van der Waals surface area contributed by atoms with Crippen molar-refractivity contribution in [3.63, 3.8) is 0 Å². The number of para-hydroxylation sites is 1. The number of nitrogens with zero attached hydrogens (tertiary/aromatic N) is 1. The Morgan fingerprint density at radius 2 is 1.83 bits per heavy atom. The summed E-state index contributed by atoms with van der Waals surface area (Å²) < 4.78 is 12.1. The Labute approximate surface area is 178 Å². The standard InChI is InChI=1S/C25H29NO4/c1-18-10-11-21-22(27)17-25(30-24(21)19(18)2)12-14-26(15-13-25)23(28)9-6-16-29-20-7-4-3-5-8-20/h3-5,7-8,10-11H,6,9,12-17H2,1-2H3.